The van der Waals surface area contributed by atoms with Crippen LogP contribution >= 0.6 is 27.5 Å². The summed E-state index contributed by atoms with van der Waals surface area (Å²) in [4.78, 5) is 0. The minimum atomic E-state index is -1.41. The largest absolute Gasteiger partial charge is 0.384 e. The summed E-state index contributed by atoms with van der Waals surface area (Å²) in [6.45, 7) is 0. The van der Waals surface area contributed by atoms with E-state index in [0.717, 1.165) is 0 Å². The molecule has 100 valence electrons. The quantitative estimate of drug-likeness (QED) is 0.784. The monoisotopic (exact) mass is 350 g/mol. The zero-order valence-corrected chi connectivity index (χ0v) is 11.6. The minimum absolute atomic E-state index is 0.307. The van der Waals surface area contributed by atoms with Gasteiger partial charge in [-0.3, -0.25) is 0 Å². The molecule has 1 atom stereocenters. The fourth-order valence-electron chi connectivity index (χ4n) is 1.61. The Balaban J connectivity index is 2.46. The maximum Gasteiger partial charge on any atom is 0.161 e. The molecular weight excluding hydrogens is 344 g/mol. The molecule has 0 saturated heterocycles. The normalized spacial score (nSPS) is 12.5. The van der Waals surface area contributed by atoms with E-state index in [0.29, 0.717) is 27.2 Å². The van der Waals surface area contributed by atoms with Gasteiger partial charge in [0.25, 0.3) is 0 Å². The van der Waals surface area contributed by atoms with Crippen molar-refractivity contribution in [3.63, 3.8) is 0 Å². The van der Waals surface area contributed by atoms with Crippen LogP contribution in [0.1, 0.15) is 17.2 Å². The lowest BCUT2D eigenvalue weighted by Crippen LogP contribution is -2.04. The van der Waals surface area contributed by atoms with E-state index in [1.54, 1.807) is 0 Å². The molecular formula is C13H7BrClF3O. The van der Waals surface area contributed by atoms with Gasteiger partial charge in [-0.05, 0) is 39.7 Å². The van der Waals surface area contributed by atoms with Gasteiger partial charge in [0, 0.05) is 16.1 Å². The number of benzene rings is 2. The first-order valence-electron chi connectivity index (χ1n) is 5.17. The third-order valence-corrected chi connectivity index (χ3v) is 3.81. The summed E-state index contributed by atoms with van der Waals surface area (Å²) in [5.74, 6) is -3.54. The zero-order chi connectivity index (χ0) is 14.2. The van der Waals surface area contributed by atoms with Gasteiger partial charge < -0.3 is 5.11 Å². The van der Waals surface area contributed by atoms with Crippen molar-refractivity contribution >= 4 is 27.5 Å². The van der Waals surface area contributed by atoms with Gasteiger partial charge in [-0.1, -0.05) is 17.7 Å². The Bertz CT molecular complexity index is 634. The summed E-state index contributed by atoms with van der Waals surface area (Å²) in [7, 11) is 0. The van der Waals surface area contributed by atoms with E-state index in [1.807, 2.05) is 0 Å². The molecule has 2 aromatic carbocycles. The molecule has 2 aromatic rings. The summed E-state index contributed by atoms with van der Waals surface area (Å²) >= 11 is 8.96. The molecule has 0 spiro atoms. The van der Waals surface area contributed by atoms with Gasteiger partial charge in [0.15, 0.2) is 11.6 Å². The van der Waals surface area contributed by atoms with Crippen LogP contribution in [0.3, 0.4) is 0 Å². The second kappa shape index (κ2) is 5.53. The second-order valence-electron chi connectivity index (χ2n) is 3.86. The van der Waals surface area contributed by atoms with E-state index in [1.165, 1.54) is 18.2 Å². The Morgan fingerprint density at radius 1 is 1.00 bits per heavy atom. The number of hydrogen-bond donors (Lipinski definition) is 1. The summed E-state index contributed by atoms with van der Waals surface area (Å²) < 4.78 is 40.0. The molecule has 0 aromatic heterocycles. The van der Waals surface area contributed by atoms with Gasteiger partial charge in [0.2, 0.25) is 0 Å². The third-order valence-electron chi connectivity index (χ3n) is 2.59. The summed E-state index contributed by atoms with van der Waals surface area (Å²) in [6.07, 6.45) is -1.41. The molecule has 1 N–H and O–H groups in total. The van der Waals surface area contributed by atoms with Gasteiger partial charge >= 0.3 is 0 Å². The van der Waals surface area contributed by atoms with Gasteiger partial charge in [0.1, 0.15) is 11.9 Å². The van der Waals surface area contributed by atoms with E-state index in [9.17, 15) is 18.3 Å². The zero-order valence-electron chi connectivity index (χ0n) is 9.30. The van der Waals surface area contributed by atoms with E-state index >= 15 is 0 Å². The minimum Gasteiger partial charge on any atom is -0.384 e. The summed E-state index contributed by atoms with van der Waals surface area (Å²) in [5, 5.41) is 10.4. The molecule has 2 rings (SSSR count). The molecule has 0 fully saturated rings. The molecule has 1 unspecified atom stereocenters. The van der Waals surface area contributed by atoms with Crippen LogP contribution in [0.25, 0.3) is 0 Å². The summed E-state index contributed by atoms with van der Waals surface area (Å²) in [6, 6.07) is 5.49. The van der Waals surface area contributed by atoms with Gasteiger partial charge in [-0.25, -0.2) is 13.2 Å². The molecule has 0 radical (unpaired) electrons. The van der Waals surface area contributed by atoms with Gasteiger partial charge in [-0.2, -0.15) is 0 Å². The molecule has 0 amide bonds. The molecule has 0 aliphatic rings. The standard InChI is InChI=1S/C13H7BrClF3O/c14-8-3-6(1-2-9(8)15)13(19)7-4-11(17)12(18)5-10(7)16/h1-5,13,19H. The number of halogens is 5. The number of aliphatic hydroxyl groups excluding tert-OH is 1. The van der Waals surface area contributed by atoms with E-state index in [4.69, 9.17) is 11.6 Å². The van der Waals surface area contributed by atoms with E-state index in [2.05, 4.69) is 15.9 Å². The predicted molar refractivity (Wildman–Crippen MR) is 69.5 cm³/mol. The van der Waals surface area contributed by atoms with Crippen molar-refractivity contribution in [1.82, 2.24) is 0 Å². The van der Waals surface area contributed by atoms with Crippen LogP contribution in [-0.4, -0.2) is 5.11 Å². The van der Waals surface area contributed by atoms with Crippen LogP contribution < -0.4 is 0 Å². The lowest BCUT2D eigenvalue weighted by Gasteiger charge is -2.13. The first-order chi connectivity index (χ1) is 8.90. The Labute approximate surface area is 120 Å². The Morgan fingerprint density at radius 3 is 2.26 bits per heavy atom. The molecule has 0 heterocycles. The van der Waals surface area contributed by atoms with Crippen molar-refractivity contribution in [2.45, 2.75) is 6.10 Å². The van der Waals surface area contributed by atoms with Crippen molar-refractivity contribution in [1.29, 1.82) is 0 Å². The number of hydrogen-bond acceptors (Lipinski definition) is 1. The van der Waals surface area contributed by atoms with E-state index < -0.39 is 23.6 Å². The van der Waals surface area contributed by atoms with Gasteiger partial charge in [-0.15, -0.1) is 0 Å². The Hall–Kier alpha value is -1.04. The Kier molecular flexibility index (Phi) is 4.18. The first kappa shape index (κ1) is 14.4. The van der Waals surface area contributed by atoms with Crippen molar-refractivity contribution in [2.75, 3.05) is 0 Å². The van der Waals surface area contributed by atoms with Crippen LogP contribution in [0, 0.1) is 17.5 Å². The lowest BCUT2D eigenvalue weighted by molar-refractivity contribution is 0.214. The predicted octanol–water partition coefficient (Wildman–Crippen LogP) is 4.60. The smallest absolute Gasteiger partial charge is 0.161 e. The molecule has 0 bridgehead atoms. The molecule has 0 aliphatic heterocycles. The Morgan fingerprint density at radius 2 is 1.63 bits per heavy atom. The average Bonchev–Trinajstić information content (AvgIpc) is 2.36. The van der Waals surface area contributed by atoms with Crippen molar-refractivity contribution in [3.8, 4) is 0 Å². The van der Waals surface area contributed by atoms with Crippen molar-refractivity contribution in [2.24, 2.45) is 0 Å². The molecule has 1 nitrogen and oxygen atoms in total. The SMILES string of the molecule is OC(c1ccc(Cl)c(Br)c1)c1cc(F)c(F)cc1F. The van der Waals surface area contributed by atoms with Crippen molar-refractivity contribution in [3.05, 3.63) is 68.4 Å². The highest BCUT2D eigenvalue weighted by Crippen LogP contribution is 2.30. The fraction of sp³-hybridized carbons (Fsp3) is 0.0769. The van der Waals surface area contributed by atoms with Crippen LogP contribution in [-0.2, 0) is 0 Å². The number of rotatable bonds is 2. The molecule has 19 heavy (non-hydrogen) atoms. The molecule has 6 heteroatoms. The highest BCUT2D eigenvalue weighted by molar-refractivity contribution is 9.10. The maximum absolute atomic E-state index is 13.5. The number of aliphatic hydroxyl groups is 1. The van der Waals surface area contributed by atoms with Crippen molar-refractivity contribution < 1.29 is 18.3 Å². The van der Waals surface area contributed by atoms with Crippen LogP contribution in [0.4, 0.5) is 13.2 Å². The van der Waals surface area contributed by atoms with E-state index in [-0.39, 0.29) is 5.56 Å². The van der Waals surface area contributed by atoms with Gasteiger partial charge in [0.05, 0.1) is 5.02 Å². The topological polar surface area (TPSA) is 20.2 Å². The first-order valence-corrected chi connectivity index (χ1v) is 6.34. The fourth-order valence-corrected chi connectivity index (χ4v) is 2.12. The molecule has 0 saturated carbocycles. The van der Waals surface area contributed by atoms with Crippen LogP contribution in [0.2, 0.25) is 5.02 Å². The highest BCUT2D eigenvalue weighted by atomic mass is 79.9. The third kappa shape index (κ3) is 2.94. The molecule has 0 aliphatic carbocycles. The second-order valence-corrected chi connectivity index (χ2v) is 5.13. The maximum atomic E-state index is 13.5. The average molecular weight is 352 g/mol. The lowest BCUT2D eigenvalue weighted by atomic mass is 10.0. The summed E-state index contributed by atoms with van der Waals surface area (Å²) in [5.41, 5.74) is -0.0331. The van der Waals surface area contributed by atoms with Crippen LogP contribution in [0.5, 0.6) is 0 Å². The van der Waals surface area contributed by atoms with Crippen LogP contribution in [0.15, 0.2) is 34.8 Å². The highest BCUT2D eigenvalue weighted by Gasteiger charge is 2.19.